The van der Waals surface area contributed by atoms with Gasteiger partial charge in [0, 0.05) is 24.1 Å². The Balaban J connectivity index is 2.22. The molecule has 2 rings (SSSR count). The van der Waals surface area contributed by atoms with Crippen molar-refractivity contribution < 1.29 is 4.92 Å². The quantitative estimate of drug-likeness (QED) is 0.546. The lowest BCUT2D eigenvalue weighted by atomic mass is 10.1. The van der Waals surface area contributed by atoms with E-state index in [-0.39, 0.29) is 4.92 Å². The summed E-state index contributed by atoms with van der Waals surface area (Å²) in [5.74, 6) is 0. The van der Waals surface area contributed by atoms with Gasteiger partial charge in [-0.1, -0.05) is 0 Å². The first-order valence-electron chi connectivity index (χ1n) is 5.09. The third-order valence-corrected chi connectivity index (χ3v) is 2.69. The Morgan fingerprint density at radius 2 is 2.40 bits per heavy atom. The van der Waals surface area contributed by atoms with Crippen LogP contribution in [-0.2, 0) is 0 Å². The molecular formula is C10H13N3O2. The van der Waals surface area contributed by atoms with E-state index in [9.17, 15) is 10.1 Å². The Bertz CT molecular complexity index is 342. The zero-order chi connectivity index (χ0) is 10.7. The van der Waals surface area contributed by atoms with Crippen LogP contribution in [0.1, 0.15) is 19.3 Å². The highest BCUT2D eigenvalue weighted by Gasteiger charge is 2.31. The summed E-state index contributed by atoms with van der Waals surface area (Å²) in [6.07, 6.45) is 5.35. The molecule has 2 heterocycles. The minimum atomic E-state index is -0.581. The second-order valence-electron chi connectivity index (χ2n) is 3.67. The van der Waals surface area contributed by atoms with E-state index >= 15 is 0 Å². The number of nitro groups is 1. The van der Waals surface area contributed by atoms with Gasteiger partial charge < -0.3 is 4.90 Å². The molecule has 0 spiro atoms. The molecule has 0 N–H and O–H groups in total. The van der Waals surface area contributed by atoms with E-state index in [1.165, 1.54) is 0 Å². The fourth-order valence-electron chi connectivity index (χ4n) is 1.96. The maximum absolute atomic E-state index is 10.9. The smallest absolute Gasteiger partial charge is 0.287 e. The van der Waals surface area contributed by atoms with Crippen molar-refractivity contribution in [3.05, 3.63) is 34.6 Å². The van der Waals surface area contributed by atoms with Gasteiger partial charge in [-0.25, -0.2) is 0 Å². The average Bonchev–Trinajstić information content (AvgIpc) is 2.30. The second-order valence-corrected chi connectivity index (χ2v) is 3.67. The molecule has 1 unspecified atom stereocenters. The Morgan fingerprint density at radius 1 is 1.53 bits per heavy atom. The van der Waals surface area contributed by atoms with Crippen molar-refractivity contribution in [3.8, 4) is 0 Å². The summed E-state index contributed by atoms with van der Waals surface area (Å²) in [7, 11) is 0. The molecular weight excluding hydrogens is 194 g/mol. The fourth-order valence-corrected chi connectivity index (χ4v) is 1.96. The van der Waals surface area contributed by atoms with Crippen LogP contribution in [0.25, 0.3) is 0 Å². The van der Waals surface area contributed by atoms with Crippen molar-refractivity contribution in [1.29, 1.82) is 0 Å². The highest BCUT2D eigenvalue weighted by molar-refractivity contribution is 5.44. The Hall–Kier alpha value is -1.65. The maximum atomic E-state index is 10.9. The lowest BCUT2D eigenvalue weighted by molar-refractivity contribution is -0.524. The standard InChI is InChI=1S/C10H13N3O2/c14-13(15)10-5-1-2-7-12(10)9-4-3-6-11-8-9/h3-4,6,8,10H,1-2,5,7H2. The van der Waals surface area contributed by atoms with E-state index < -0.39 is 6.17 Å². The van der Waals surface area contributed by atoms with E-state index in [0.717, 1.165) is 25.1 Å². The highest BCUT2D eigenvalue weighted by atomic mass is 16.6. The van der Waals surface area contributed by atoms with Crippen LogP contribution in [0, 0.1) is 10.1 Å². The normalized spacial score (nSPS) is 21.3. The lowest BCUT2D eigenvalue weighted by Crippen LogP contribution is -2.44. The summed E-state index contributed by atoms with van der Waals surface area (Å²) in [5, 5.41) is 10.9. The van der Waals surface area contributed by atoms with Crippen molar-refractivity contribution in [3.63, 3.8) is 0 Å². The number of rotatable bonds is 2. The van der Waals surface area contributed by atoms with Gasteiger partial charge in [-0.2, -0.15) is 0 Å². The van der Waals surface area contributed by atoms with Crippen LogP contribution in [0.4, 0.5) is 5.69 Å². The van der Waals surface area contributed by atoms with Crippen LogP contribution in [0.15, 0.2) is 24.5 Å². The first-order chi connectivity index (χ1) is 7.29. The molecule has 1 aromatic heterocycles. The first kappa shape index (κ1) is 9.89. The molecule has 1 aliphatic heterocycles. The number of nitrogens with zero attached hydrogens (tertiary/aromatic N) is 3. The van der Waals surface area contributed by atoms with E-state index in [1.54, 1.807) is 18.5 Å². The van der Waals surface area contributed by atoms with Crippen molar-refractivity contribution in [2.24, 2.45) is 0 Å². The van der Waals surface area contributed by atoms with Crippen molar-refractivity contribution in [2.75, 3.05) is 11.4 Å². The topological polar surface area (TPSA) is 59.3 Å². The third kappa shape index (κ3) is 2.06. The van der Waals surface area contributed by atoms with Gasteiger partial charge >= 0.3 is 0 Å². The summed E-state index contributed by atoms with van der Waals surface area (Å²) in [5.41, 5.74) is 0.846. The second kappa shape index (κ2) is 4.25. The molecule has 1 aliphatic rings. The molecule has 1 fully saturated rings. The molecule has 1 saturated heterocycles. The van der Waals surface area contributed by atoms with E-state index in [4.69, 9.17) is 0 Å². The lowest BCUT2D eigenvalue weighted by Gasteiger charge is -2.30. The number of hydrogen-bond donors (Lipinski definition) is 0. The minimum absolute atomic E-state index is 0.202. The van der Waals surface area contributed by atoms with Gasteiger partial charge in [0.05, 0.1) is 11.9 Å². The van der Waals surface area contributed by atoms with Crippen molar-refractivity contribution in [1.82, 2.24) is 4.98 Å². The van der Waals surface area contributed by atoms with Crippen LogP contribution in [0.2, 0.25) is 0 Å². The van der Waals surface area contributed by atoms with Crippen LogP contribution >= 0.6 is 0 Å². The molecule has 1 atom stereocenters. The zero-order valence-electron chi connectivity index (χ0n) is 8.37. The Labute approximate surface area is 87.9 Å². The number of anilines is 1. The molecule has 0 bridgehead atoms. The predicted octanol–water partition coefficient (Wildman–Crippen LogP) is 1.67. The fraction of sp³-hybridized carbons (Fsp3) is 0.500. The molecule has 0 saturated carbocycles. The van der Waals surface area contributed by atoms with Gasteiger partial charge in [-0.3, -0.25) is 15.1 Å². The van der Waals surface area contributed by atoms with E-state index in [1.807, 2.05) is 11.0 Å². The molecule has 0 aliphatic carbocycles. The number of piperidine rings is 1. The van der Waals surface area contributed by atoms with Gasteiger partial charge in [-0.15, -0.1) is 0 Å². The van der Waals surface area contributed by atoms with Gasteiger partial charge in [0.1, 0.15) is 0 Å². The van der Waals surface area contributed by atoms with Gasteiger partial charge in [0.25, 0.3) is 6.17 Å². The minimum Gasteiger partial charge on any atom is -0.309 e. The maximum Gasteiger partial charge on any atom is 0.287 e. The van der Waals surface area contributed by atoms with E-state index in [2.05, 4.69) is 4.98 Å². The number of aromatic nitrogens is 1. The summed E-state index contributed by atoms with van der Waals surface area (Å²) in [4.78, 5) is 16.5. The Morgan fingerprint density at radius 3 is 3.07 bits per heavy atom. The van der Waals surface area contributed by atoms with Gasteiger partial charge in [0.15, 0.2) is 0 Å². The van der Waals surface area contributed by atoms with Crippen LogP contribution in [0.5, 0.6) is 0 Å². The molecule has 5 heteroatoms. The van der Waals surface area contributed by atoms with Crippen LogP contribution in [0.3, 0.4) is 0 Å². The molecule has 0 aromatic carbocycles. The molecule has 0 radical (unpaired) electrons. The van der Waals surface area contributed by atoms with Crippen molar-refractivity contribution >= 4 is 5.69 Å². The van der Waals surface area contributed by atoms with Gasteiger partial charge in [-0.05, 0) is 25.0 Å². The number of pyridine rings is 1. The van der Waals surface area contributed by atoms with Crippen molar-refractivity contribution in [2.45, 2.75) is 25.4 Å². The average molecular weight is 207 g/mol. The van der Waals surface area contributed by atoms with Crippen LogP contribution in [-0.4, -0.2) is 22.6 Å². The summed E-state index contributed by atoms with van der Waals surface area (Å²) < 4.78 is 0. The zero-order valence-corrected chi connectivity index (χ0v) is 8.37. The summed E-state index contributed by atoms with van der Waals surface area (Å²) in [6.45, 7) is 0.747. The molecule has 1 aromatic rings. The SMILES string of the molecule is O=[N+]([O-])C1CCCCN1c1cccnc1. The third-order valence-electron chi connectivity index (χ3n) is 2.69. The predicted molar refractivity (Wildman–Crippen MR) is 56.2 cm³/mol. The first-order valence-corrected chi connectivity index (χ1v) is 5.09. The molecule has 5 nitrogen and oxygen atoms in total. The summed E-state index contributed by atoms with van der Waals surface area (Å²) >= 11 is 0. The van der Waals surface area contributed by atoms with Gasteiger partial charge in [0.2, 0.25) is 0 Å². The summed E-state index contributed by atoms with van der Waals surface area (Å²) in [6, 6.07) is 3.68. The molecule has 80 valence electrons. The highest BCUT2D eigenvalue weighted by Crippen LogP contribution is 2.23. The number of hydrogen-bond acceptors (Lipinski definition) is 4. The van der Waals surface area contributed by atoms with E-state index in [0.29, 0.717) is 6.42 Å². The Kier molecular flexibility index (Phi) is 2.80. The van der Waals surface area contributed by atoms with Crippen LogP contribution < -0.4 is 4.90 Å². The largest absolute Gasteiger partial charge is 0.309 e. The molecule has 15 heavy (non-hydrogen) atoms. The molecule has 0 amide bonds. The monoisotopic (exact) mass is 207 g/mol.